The molecular formula is C12H21N3O. The van der Waals surface area contributed by atoms with Crippen LogP contribution in [0.5, 0.6) is 0 Å². The van der Waals surface area contributed by atoms with Crippen molar-refractivity contribution >= 4 is 5.91 Å². The number of nitrogens with one attached hydrogen (secondary N) is 1. The summed E-state index contributed by atoms with van der Waals surface area (Å²) in [6.45, 7) is 8.70. The van der Waals surface area contributed by atoms with Crippen LogP contribution in [0, 0.1) is 13.8 Å². The van der Waals surface area contributed by atoms with Crippen molar-refractivity contribution in [2.75, 3.05) is 0 Å². The van der Waals surface area contributed by atoms with Crippen LogP contribution >= 0.6 is 0 Å². The molecule has 1 rings (SSSR count). The lowest BCUT2D eigenvalue weighted by Crippen LogP contribution is -2.32. The van der Waals surface area contributed by atoms with Gasteiger partial charge in [0.2, 0.25) is 5.91 Å². The summed E-state index contributed by atoms with van der Waals surface area (Å²) in [5.74, 6) is 0.0990. The Morgan fingerprint density at radius 1 is 1.56 bits per heavy atom. The molecule has 1 aromatic rings. The first-order chi connectivity index (χ1) is 7.52. The molecule has 4 nitrogen and oxygen atoms in total. The molecule has 0 fully saturated rings. The highest BCUT2D eigenvalue weighted by Crippen LogP contribution is 2.02. The molecule has 1 unspecified atom stereocenters. The molecule has 0 spiro atoms. The van der Waals surface area contributed by atoms with E-state index in [1.165, 1.54) is 0 Å². The number of rotatable bonds is 5. The van der Waals surface area contributed by atoms with Crippen molar-refractivity contribution in [1.29, 1.82) is 0 Å². The number of hydrogen-bond donors (Lipinski definition) is 1. The second-order valence-electron chi connectivity index (χ2n) is 4.28. The van der Waals surface area contributed by atoms with Gasteiger partial charge in [0.1, 0.15) is 0 Å². The average molecular weight is 223 g/mol. The van der Waals surface area contributed by atoms with Crippen LogP contribution < -0.4 is 5.32 Å². The Kier molecular flexibility index (Phi) is 4.52. The minimum atomic E-state index is 0.0990. The van der Waals surface area contributed by atoms with Gasteiger partial charge in [-0.3, -0.25) is 9.48 Å². The predicted octanol–water partition coefficient (Wildman–Crippen LogP) is 1.80. The van der Waals surface area contributed by atoms with E-state index >= 15 is 0 Å². The van der Waals surface area contributed by atoms with Crippen LogP contribution in [0.2, 0.25) is 0 Å². The SMILES string of the molecule is CCC(C)NC(=O)CCn1nc(C)cc1C. The van der Waals surface area contributed by atoms with Crippen molar-refractivity contribution < 1.29 is 4.79 Å². The average Bonchev–Trinajstić information content (AvgIpc) is 2.54. The van der Waals surface area contributed by atoms with Gasteiger partial charge < -0.3 is 5.32 Å². The normalized spacial score (nSPS) is 12.5. The monoisotopic (exact) mass is 223 g/mol. The standard InChI is InChI=1S/C12H21N3O/c1-5-9(2)13-12(16)6-7-15-11(4)8-10(3)14-15/h8-9H,5-7H2,1-4H3,(H,13,16). The van der Waals surface area contributed by atoms with Crippen LogP contribution in [0.25, 0.3) is 0 Å². The Labute approximate surface area is 97.0 Å². The van der Waals surface area contributed by atoms with Crippen LogP contribution in [0.1, 0.15) is 38.1 Å². The van der Waals surface area contributed by atoms with Gasteiger partial charge in [0, 0.05) is 24.7 Å². The molecular weight excluding hydrogens is 202 g/mol. The summed E-state index contributed by atoms with van der Waals surface area (Å²) in [5.41, 5.74) is 2.11. The van der Waals surface area contributed by atoms with Crippen molar-refractivity contribution in [3.05, 3.63) is 17.5 Å². The largest absolute Gasteiger partial charge is 0.354 e. The molecule has 16 heavy (non-hydrogen) atoms. The Hall–Kier alpha value is -1.32. The first-order valence-corrected chi connectivity index (χ1v) is 5.83. The molecule has 0 saturated carbocycles. The third-order valence-electron chi connectivity index (χ3n) is 2.67. The second-order valence-corrected chi connectivity index (χ2v) is 4.28. The third-order valence-corrected chi connectivity index (χ3v) is 2.67. The number of nitrogens with zero attached hydrogens (tertiary/aromatic N) is 2. The minimum Gasteiger partial charge on any atom is -0.354 e. The Morgan fingerprint density at radius 3 is 2.75 bits per heavy atom. The van der Waals surface area contributed by atoms with E-state index in [4.69, 9.17) is 0 Å². The van der Waals surface area contributed by atoms with Gasteiger partial charge >= 0.3 is 0 Å². The van der Waals surface area contributed by atoms with Crippen LogP contribution in [0.15, 0.2) is 6.07 Å². The summed E-state index contributed by atoms with van der Waals surface area (Å²) in [5, 5.41) is 7.26. The van der Waals surface area contributed by atoms with Gasteiger partial charge in [-0.2, -0.15) is 5.10 Å². The van der Waals surface area contributed by atoms with Crippen molar-refractivity contribution in [1.82, 2.24) is 15.1 Å². The summed E-state index contributed by atoms with van der Waals surface area (Å²) < 4.78 is 1.88. The lowest BCUT2D eigenvalue weighted by Gasteiger charge is -2.11. The molecule has 1 amide bonds. The third kappa shape index (κ3) is 3.68. The van der Waals surface area contributed by atoms with Gasteiger partial charge in [0.25, 0.3) is 0 Å². The fourth-order valence-electron chi connectivity index (χ4n) is 1.56. The molecule has 4 heteroatoms. The van der Waals surface area contributed by atoms with Gasteiger partial charge in [0.15, 0.2) is 0 Å². The lowest BCUT2D eigenvalue weighted by molar-refractivity contribution is -0.121. The topological polar surface area (TPSA) is 46.9 Å². The van der Waals surface area contributed by atoms with Crippen molar-refractivity contribution in [3.8, 4) is 0 Å². The van der Waals surface area contributed by atoms with Gasteiger partial charge in [-0.1, -0.05) is 6.92 Å². The molecule has 0 saturated heterocycles. The van der Waals surface area contributed by atoms with E-state index in [2.05, 4.69) is 17.3 Å². The summed E-state index contributed by atoms with van der Waals surface area (Å²) in [6, 6.07) is 2.28. The minimum absolute atomic E-state index is 0.0990. The van der Waals surface area contributed by atoms with Crippen molar-refractivity contribution in [2.24, 2.45) is 0 Å². The molecule has 0 aromatic carbocycles. The van der Waals surface area contributed by atoms with Crippen LogP contribution in [0.4, 0.5) is 0 Å². The van der Waals surface area contributed by atoms with E-state index in [1.807, 2.05) is 31.5 Å². The smallest absolute Gasteiger partial charge is 0.222 e. The molecule has 90 valence electrons. The van der Waals surface area contributed by atoms with E-state index in [0.717, 1.165) is 17.8 Å². The van der Waals surface area contributed by atoms with Crippen LogP contribution in [-0.4, -0.2) is 21.7 Å². The first-order valence-electron chi connectivity index (χ1n) is 5.83. The zero-order chi connectivity index (χ0) is 12.1. The zero-order valence-electron chi connectivity index (χ0n) is 10.6. The molecule has 0 bridgehead atoms. The number of hydrogen-bond acceptors (Lipinski definition) is 2. The van der Waals surface area contributed by atoms with Gasteiger partial charge in [0.05, 0.1) is 5.69 Å². The highest BCUT2D eigenvalue weighted by molar-refractivity contribution is 5.76. The molecule has 0 aliphatic carbocycles. The number of carbonyl (C=O) groups is 1. The number of aromatic nitrogens is 2. The lowest BCUT2D eigenvalue weighted by atomic mass is 10.2. The maximum absolute atomic E-state index is 11.6. The van der Waals surface area contributed by atoms with Crippen molar-refractivity contribution in [2.45, 2.75) is 53.1 Å². The summed E-state index contributed by atoms with van der Waals surface area (Å²) in [4.78, 5) is 11.6. The fraction of sp³-hybridized carbons (Fsp3) is 0.667. The van der Waals surface area contributed by atoms with E-state index in [0.29, 0.717) is 13.0 Å². The molecule has 1 atom stereocenters. The zero-order valence-corrected chi connectivity index (χ0v) is 10.6. The molecule has 1 aromatic heterocycles. The summed E-state index contributed by atoms with van der Waals surface area (Å²) in [7, 11) is 0. The van der Waals surface area contributed by atoms with Gasteiger partial charge in [-0.15, -0.1) is 0 Å². The second kappa shape index (κ2) is 5.68. The molecule has 1 heterocycles. The Morgan fingerprint density at radius 2 is 2.25 bits per heavy atom. The summed E-state index contributed by atoms with van der Waals surface area (Å²) in [6.07, 6.45) is 1.46. The quantitative estimate of drug-likeness (QED) is 0.827. The highest BCUT2D eigenvalue weighted by atomic mass is 16.1. The Bertz CT molecular complexity index is 357. The van der Waals surface area contributed by atoms with E-state index in [-0.39, 0.29) is 11.9 Å². The number of carbonyl (C=O) groups excluding carboxylic acids is 1. The summed E-state index contributed by atoms with van der Waals surface area (Å²) >= 11 is 0. The fourth-order valence-corrected chi connectivity index (χ4v) is 1.56. The first kappa shape index (κ1) is 12.7. The number of aryl methyl sites for hydroxylation is 3. The van der Waals surface area contributed by atoms with Gasteiger partial charge in [-0.05, 0) is 33.3 Å². The Balaban J connectivity index is 2.40. The van der Waals surface area contributed by atoms with Crippen LogP contribution in [-0.2, 0) is 11.3 Å². The predicted molar refractivity (Wildman–Crippen MR) is 64.2 cm³/mol. The van der Waals surface area contributed by atoms with Crippen molar-refractivity contribution in [3.63, 3.8) is 0 Å². The molecule has 1 N–H and O–H groups in total. The maximum Gasteiger partial charge on any atom is 0.222 e. The van der Waals surface area contributed by atoms with Crippen LogP contribution in [0.3, 0.4) is 0 Å². The van der Waals surface area contributed by atoms with E-state index < -0.39 is 0 Å². The molecule has 0 aliphatic heterocycles. The van der Waals surface area contributed by atoms with E-state index in [9.17, 15) is 4.79 Å². The highest BCUT2D eigenvalue weighted by Gasteiger charge is 2.07. The molecule has 0 aliphatic rings. The molecule has 0 radical (unpaired) electrons. The number of amides is 1. The van der Waals surface area contributed by atoms with Gasteiger partial charge in [-0.25, -0.2) is 0 Å². The van der Waals surface area contributed by atoms with E-state index in [1.54, 1.807) is 0 Å². The maximum atomic E-state index is 11.6.